The van der Waals surface area contributed by atoms with Crippen molar-refractivity contribution in [2.75, 3.05) is 13.1 Å². The summed E-state index contributed by atoms with van der Waals surface area (Å²) >= 11 is 0. The first kappa shape index (κ1) is 10.1. The Morgan fingerprint density at radius 3 is 2.60 bits per heavy atom. The summed E-state index contributed by atoms with van der Waals surface area (Å²) in [4.78, 5) is 2.87. The average Bonchev–Trinajstić information content (AvgIpc) is 2.78. The van der Waals surface area contributed by atoms with Crippen molar-refractivity contribution < 1.29 is 0 Å². The fraction of sp³-hybridized carbons (Fsp3) is 1.00. The minimum Gasteiger partial charge on any atom is -0.297 e. The molecule has 0 aromatic heterocycles. The van der Waals surface area contributed by atoms with Gasteiger partial charge < -0.3 is 0 Å². The minimum atomic E-state index is 0.639. The molecule has 15 heavy (non-hydrogen) atoms. The largest absolute Gasteiger partial charge is 0.297 e. The summed E-state index contributed by atoms with van der Waals surface area (Å²) in [5.74, 6) is 1.81. The summed E-state index contributed by atoms with van der Waals surface area (Å²) in [5.41, 5.74) is 1.42. The molecule has 0 amide bonds. The molecule has 2 aliphatic heterocycles. The van der Waals surface area contributed by atoms with E-state index in [0.29, 0.717) is 5.54 Å². The highest BCUT2D eigenvalue weighted by Gasteiger charge is 2.66. The van der Waals surface area contributed by atoms with E-state index >= 15 is 0 Å². The predicted octanol–water partition coefficient (Wildman–Crippen LogP) is 3.30. The molecule has 2 saturated heterocycles. The van der Waals surface area contributed by atoms with E-state index in [1.54, 1.807) is 0 Å². The van der Waals surface area contributed by atoms with Crippen molar-refractivity contribution in [2.45, 2.75) is 58.4 Å². The molecule has 3 rings (SSSR count). The van der Waals surface area contributed by atoms with E-state index in [9.17, 15) is 0 Å². The van der Waals surface area contributed by atoms with Gasteiger partial charge in [-0.05, 0) is 55.9 Å². The van der Waals surface area contributed by atoms with Gasteiger partial charge >= 0.3 is 0 Å². The van der Waals surface area contributed by atoms with Gasteiger partial charge in [-0.15, -0.1) is 0 Å². The predicted molar refractivity (Wildman–Crippen MR) is 63.8 cm³/mol. The van der Waals surface area contributed by atoms with E-state index in [1.165, 1.54) is 45.2 Å². The lowest BCUT2D eigenvalue weighted by Gasteiger charge is -2.39. The highest BCUT2D eigenvalue weighted by atomic mass is 15.3. The maximum Gasteiger partial charge on any atom is 0.0271 e. The topological polar surface area (TPSA) is 3.24 Å². The van der Waals surface area contributed by atoms with Crippen LogP contribution < -0.4 is 0 Å². The lowest BCUT2D eigenvalue weighted by atomic mass is 9.73. The number of rotatable bonds is 2. The fourth-order valence-electron chi connectivity index (χ4n) is 4.73. The van der Waals surface area contributed by atoms with Gasteiger partial charge in [0.15, 0.2) is 0 Å². The van der Waals surface area contributed by atoms with Crippen LogP contribution in [0.2, 0.25) is 0 Å². The van der Waals surface area contributed by atoms with Gasteiger partial charge in [0.2, 0.25) is 0 Å². The van der Waals surface area contributed by atoms with Crippen LogP contribution in [-0.2, 0) is 0 Å². The lowest BCUT2D eigenvalue weighted by molar-refractivity contribution is 0.107. The highest BCUT2D eigenvalue weighted by Crippen LogP contribution is 2.68. The molecule has 2 heterocycles. The summed E-state index contributed by atoms with van der Waals surface area (Å²) in [6, 6.07) is 0. The standard InChI is InChI=1S/C14H25N/c1-11(2)8-14-9-12(3)10-15(14)7-6-13(14)4-5-13/h11-12H,4-10H2,1-3H3/t12-,14-/m1/s1. The van der Waals surface area contributed by atoms with Crippen LogP contribution in [0.1, 0.15) is 52.9 Å². The fourth-order valence-corrected chi connectivity index (χ4v) is 4.73. The monoisotopic (exact) mass is 207 g/mol. The molecule has 0 unspecified atom stereocenters. The number of hydrogen-bond acceptors (Lipinski definition) is 1. The molecule has 1 spiro atoms. The second-order valence-electron chi connectivity index (χ2n) is 6.92. The van der Waals surface area contributed by atoms with Gasteiger partial charge in [0.05, 0.1) is 0 Å². The Labute approximate surface area is 94.2 Å². The van der Waals surface area contributed by atoms with Crippen LogP contribution in [0, 0.1) is 17.3 Å². The minimum absolute atomic E-state index is 0.639. The summed E-state index contributed by atoms with van der Waals surface area (Å²) in [5, 5.41) is 0. The van der Waals surface area contributed by atoms with Gasteiger partial charge in [-0.1, -0.05) is 20.8 Å². The highest BCUT2D eigenvalue weighted by molar-refractivity contribution is 5.20. The third-order valence-electron chi connectivity index (χ3n) is 5.27. The molecule has 1 saturated carbocycles. The van der Waals surface area contributed by atoms with Crippen molar-refractivity contribution in [1.29, 1.82) is 0 Å². The van der Waals surface area contributed by atoms with Crippen LogP contribution in [-0.4, -0.2) is 23.5 Å². The Kier molecular flexibility index (Phi) is 2.03. The van der Waals surface area contributed by atoms with Crippen LogP contribution >= 0.6 is 0 Å². The van der Waals surface area contributed by atoms with Crippen LogP contribution in [0.5, 0.6) is 0 Å². The average molecular weight is 207 g/mol. The summed E-state index contributed by atoms with van der Waals surface area (Å²) < 4.78 is 0. The molecule has 0 aromatic rings. The second-order valence-corrected chi connectivity index (χ2v) is 6.92. The Morgan fingerprint density at radius 1 is 1.27 bits per heavy atom. The van der Waals surface area contributed by atoms with Gasteiger partial charge in [0.1, 0.15) is 0 Å². The number of hydrogen-bond donors (Lipinski definition) is 0. The van der Waals surface area contributed by atoms with Crippen LogP contribution in [0.3, 0.4) is 0 Å². The van der Waals surface area contributed by atoms with Gasteiger partial charge in [-0.3, -0.25) is 4.90 Å². The summed E-state index contributed by atoms with van der Waals surface area (Å²) in [7, 11) is 0. The summed E-state index contributed by atoms with van der Waals surface area (Å²) in [6.45, 7) is 10.1. The number of nitrogens with zero attached hydrogens (tertiary/aromatic N) is 1. The molecular weight excluding hydrogens is 182 g/mol. The lowest BCUT2D eigenvalue weighted by Crippen LogP contribution is -2.45. The Bertz CT molecular complexity index is 267. The van der Waals surface area contributed by atoms with Crippen molar-refractivity contribution in [3.05, 3.63) is 0 Å². The van der Waals surface area contributed by atoms with E-state index in [0.717, 1.165) is 17.3 Å². The van der Waals surface area contributed by atoms with Crippen molar-refractivity contribution in [3.63, 3.8) is 0 Å². The van der Waals surface area contributed by atoms with Gasteiger partial charge in [-0.25, -0.2) is 0 Å². The third kappa shape index (κ3) is 1.25. The Hall–Kier alpha value is -0.0400. The molecule has 1 heteroatoms. The molecule has 1 nitrogen and oxygen atoms in total. The van der Waals surface area contributed by atoms with Gasteiger partial charge in [-0.2, -0.15) is 0 Å². The van der Waals surface area contributed by atoms with Crippen LogP contribution in [0.4, 0.5) is 0 Å². The van der Waals surface area contributed by atoms with Crippen molar-refractivity contribution in [3.8, 4) is 0 Å². The zero-order chi connectivity index (χ0) is 10.7. The van der Waals surface area contributed by atoms with Gasteiger partial charge in [0, 0.05) is 12.1 Å². The first-order chi connectivity index (χ1) is 7.08. The Morgan fingerprint density at radius 2 is 2.00 bits per heavy atom. The zero-order valence-corrected chi connectivity index (χ0v) is 10.6. The van der Waals surface area contributed by atoms with Crippen molar-refractivity contribution in [1.82, 2.24) is 4.90 Å². The molecule has 0 N–H and O–H groups in total. The van der Waals surface area contributed by atoms with Gasteiger partial charge in [0.25, 0.3) is 0 Å². The van der Waals surface area contributed by atoms with E-state index in [4.69, 9.17) is 0 Å². The van der Waals surface area contributed by atoms with E-state index in [1.807, 2.05) is 0 Å². The third-order valence-corrected chi connectivity index (χ3v) is 5.27. The molecular formula is C14H25N. The molecule has 0 radical (unpaired) electrons. The maximum absolute atomic E-state index is 2.87. The van der Waals surface area contributed by atoms with Crippen LogP contribution in [0.25, 0.3) is 0 Å². The smallest absolute Gasteiger partial charge is 0.0271 e. The zero-order valence-electron chi connectivity index (χ0n) is 10.6. The first-order valence-corrected chi connectivity index (χ1v) is 6.83. The maximum atomic E-state index is 2.87. The second kappa shape index (κ2) is 3.00. The summed E-state index contributed by atoms with van der Waals surface area (Å²) in [6.07, 6.45) is 7.51. The van der Waals surface area contributed by atoms with E-state index < -0.39 is 0 Å². The molecule has 2 atom stereocenters. The van der Waals surface area contributed by atoms with E-state index in [2.05, 4.69) is 25.7 Å². The first-order valence-electron chi connectivity index (χ1n) is 6.83. The molecule has 0 aromatic carbocycles. The molecule has 86 valence electrons. The molecule has 0 bridgehead atoms. The Balaban J connectivity index is 1.91. The van der Waals surface area contributed by atoms with Crippen LogP contribution in [0.15, 0.2) is 0 Å². The van der Waals surface area contributed by atoms with Crippen molar-refractivity contribution in [2.24, 2.45) is 17.3 Å². The normalized spacial score (nSPS) is 42.8. The SMILES string of the molecule is CC(C)C[C@]12C[C@@H](C)CN1CCC21CC1. The number of fused-ring (bicyclic) bond motifs is 2. The molecule has 1 aliphatic carbocycles. The van der Waals surface area contributed by atoms with E-state index in [-0.39, 0.29) is 0 Å². The molecule has 3 aliphatic rings. The molecule has 3 fully saturated rings. The quantitative estimate of drug-likeness (QED) is 0.671. The van der Waals surface area contributed by atoms with Crippen molar-refractivity contribution >= 4 is 0 Å².